The highest BCUT2D eigenvalue weighted by atomic mass is 16.2. The molecule has 1 saturated heterocycles. The van der Waals surface area contributed by atoms with Gasteiger partial charge in [-0.2, -0.15) is 9.61 Å². The molecule has 112 valence electrons. The Morgan fingerprint density at radius 1 is 1.29 bits per heavy atom. The van der Waals surface area contributed by atoms with Gasteiger partial charge in [-0.25, -0.2) is 4.98 Å². The van der Waals surface area contributed by atoms with E-state index in [0.717, 1.165) is 56.2 Å². The van der Waals surface area contributed by atoms with Crippen molar-refractivity contribution in [2.45, 2.75) is 26.7 Å². The van der Waals surface area contributed by atoms with Crippen LogP contribution < -0.4 is 4.90 Å². The van der Waals surface area contributed by atoms with Gasteiger partial charge in [0.1, 0.15) is 5.82 Å². The summed E-state index contributed by atoms with van der Waals surface area (Å²) >= 11 is 0. The SMILES string of the molecule is CCCc1cc(N2CCN(C(C)=O)CC2)n2nccc2n1. The second kappa shape index (κ2) is 5.71. The maximum absolute atomic E-state index is 11.4. The van der Waals surface area contributed by atoms with E-state index in [1.54, 1.807) is 13.1 Å². The van der Waals surface area contributed by atoms with Crippen molar-refractivity contribution in [3.8, 4) is 0 Å². The minimum Gasteiger partial charge on any atom is -0.353 e. The van der Waals surface area contributed by atoms with Crippen LogP contribution in [0.5, 0.6) is 0 Å². The van der Waals surface area contributed by atoms with Gasteiger partial charge in [0.2, 0.25) is 5.91 Å². The molecule has 0 aromatic carbocycles. The summed E-state index contributed by atoms with van der Waals surface area (Å²) in [5, 5.41) is 4.38. The molecule has 0 saturated carbocycles. The third-order valence-corrected chi connectivity index (χ3v) is 3.95. The van der Waals surface area contributed by atoms with Gasteiger partial charge in [-0.15, -0.1) is 0 Å². The second-order valence-electron chi connectivity index (χ2n) is 5.45. The number of aromatic nitrogens is 3. The first-order valence-corrected chi connectivity index (χ1v) is 7.53. The van der Waals surface area contributed by atoms with Crippen LogP contribution in [0, 0.1) is 0 Å². The topological polar surface area (TPSA) is 53.7 Å². The summed E-state index contributed by atoms with van der Waals surface area (Å²) in [6.07, 6.45) is 3.84. The number of carbonyl (C=O) groups is 1. The number of aryl methyl sites for hydroxylation is 1. The maximum atomic E-state index is 11.4. The lowest BCUT2D eigenvalue weighted by atomic mass is 10.2. The Hall–Kier alpha value is -2.11. The Kier molecular flexibility index (Phi) is 3.77. The second-order valence-corrected chi connectivity index (χ2v) is 5.45. The van der Waals surface area contributed by atoms with E-state index in [-0.39, 0.29) is 5.91 Å². The van der Waals surface area contributed by atoms with Crippen molar-refractivity contribution in [3.63, 3.8) is 0 Å². The molecule has 3 rings (SSSR count). The van der Waals surface area contributed by atoms with E-state index in [2.05, 4.69) is 28.0 Å². The van der Waals surface area contributed by atoms with Gasteiger partial charge in [0, 0.05) is 50.9 Å². The standard InChI is InChI=1S/C15H21N5O/c1-3-4-13-11-15(20-14(17-13)5-6-16-20)19-9-7-18(8-10-19)12(2)21/h5-6,11H,3-4,7-10H2,1-2H3. The van der Waals surface area contributed by atoms with Gasteiger partial charge in [-0.1, -0.05) is 13.3 Å². The van der Waals surface area contributed by atoms with Crippen molar-refractivity contribution < 1.29 is 4.79 Å². The Morgan fingerprint density at radius 3 is 2.71 bits per heavy atom. The quantitative estimate of drug-likeness (QED) is 0.855. The lowest BCUT2D eigenvalue weighted by molar-refractivity contribution is -0.129. The molecule has 0 radical (unpaired) electrons. The summed E-state index contributed by atoms with van der Waals surface area (Å²) in [5.41, 5.74) is 2.00. The maximum Gasteiger partial charge on any atom is 0.219 e. The van der Waals surface area contributed by atoms with Gasteiger partial charge in [0.15, 0.2) is 5.65 Å². The predicted octanol–water partition coefficient (Wildman–Crippen LogP) is 1.35. The fourth-order valence-electron chi connectivity index (χ4n) is 2.81. The molecule has 1 aliphatic heterocycles. The molecule has 1 amide bonds. The minimum atomic E-state index is 0.153. The van der Waals surface area contributed by atoms with E-state index in [9.17, 15) is 4.79 Å². The monoisotopic (exact) mass is 287 g/mol. The first kappa shape index (κ1) is 13.9. The van der Waals surface area contributed by atoms with Crippen LogP contribution in [0.25, 0.3) is 5.65 Å². The van der Waals surface area contributed by atoms with E-state index < -0.39 is 0 Å². The highest BCUT2D eigenvalue weighted by molar-refractivity contribution is 5.73. The molecule has 0 N–H and O–H groups in total. The molecular formula is C15H21N5O. The van der Waals surface area contributed by atoms with Gasteiger partial charge >= 0.3 is 0 Å². The summed E-state index contributed by atoms with van der Waals surface area (Å²) in [5.74, 6) is 1.23. The molecule has 0 aliphatic carbocycles. The number of hydrogen-bond acceptors (Lipinski definition) is 4. The molecule has 6 nitrogen and oxygen atoms in total. The van der Waals surface area contributed by atoms with Crippen molar-refractivity contribution in [1.82, 2.24) is 19.5 Å². The molecule has 2 aromatic rings. The fourth-order valence-corrected chi connectivity index (χ4v) is 2.81. The van der Waals surface area contributed by atoms with E-state index >= 15 is 0 Å². The van der Waals surface area contributed by atoms with Crippen LogP contribution in [0.3, 0.4) is 0 Å². The van der Waals surface area contributed by atoms with E-state index in [0.29, 0.717) is 0 Å². The van der Waals surface area contributed by atoms with Crippen LogP contribution in [0.4, 0.5) is 5.82 Å². The third-order valence-electron chi connectivity index (χ3n) is 3.95. The Labute approximate surface area is 124 Å². The molecule has 3 heterocycles. The van der Waals surface area contributed by atoms with Crippen LogP contribution in [-0.2, 0) is 11.2 Å². The summed E-state index contributed by atoms with van der Waals surface area (Å²) in [6, 6.07) is 4.07. The first-order chi connectivity index (χ1) is 10.2. The van der Waals surface area contributed by atoms with Gasteiger partial charge < -0.3 is 9.80 Å². The molecule has 21 heavy (non-hydrogen) atoms. The minimum absolute atomic E-state index is 0.153. The fraction of sp³-hybridized carbons (Fsp3) is 0.533. The zero-order chi connectivity index (χ0) is 14.8. The first-order valence-electron chi connectivity index (χ1n) is 7.53. The molecule has 0 bridgehead atoms. The Morgan fingerprint density at radius 2 is 2.05 bits per heavy atom. The van der Waals surface area contributed by atoms with Gasteiger partial charge in [0.05, 0.1) is 6.20 Å². The van der Waals surface area contributed by atoms with Crippen molar-refractivity contribution >= 4 is 17.4 Å². The number of fused-ring (bicyclic) bond motifs is 1. The number of anilines is 1. The van der Waals surface area contributed by atoms with Gasteiger partial charge in [-0.3, -0.25) is 4.79 Å². The van der Waals surface area contributed by atoms with Crippen LogP contribution in [0.1, 0.15) is 26.0 Å². The zero-order valence-corrected chi connectivity index (χ0v) is 12.6. The average Bonchev–Trinajstić information content (AvgIpc) is 2.95. The van der Waals surface area contributed by atoms with Crippen molar-refractivity contribution in [2.24, 2.45) is 0 Å². The number of piperazine rings is 1. The zero-order valence-electron chi connectivity index (χ0n) is 12.6. The largest absolute Gasteiger partial charge is 0.353 e. The lowest BCUT2D eigenvalue weighted by Crippen LogP contribution is -2.48. The van der Waals surface area contributed by atoms with Crippen molar-refractivity contribution in [2.75, 3.05) is 31.1 Å². The van der Waals surface area contributed by atoms with Gasteiger partial charge in [0.25, 0.3) is 0 Å². The van der Waals surface area contributed by atoms with E-state index in [4.69, 9.17) is 0 Å². The van der Waals surface area contributed by atoms with Crippen LogP contribution in [0.2, 0.25) is 0 Å². The molecule has 0 unspecified atom stereocenters. The smallest absolute Gasteiger partial charge is 0.219 e. The Balaban J connectivity index is 1.89. The highest BCUT2D eigenvalue weighted by Gasteiger charge is 2.21. The van der Waals surface area contributed by atoms with Crippen LogP contribution in [-0.4, -0.2) is 51.6 Å². The molecular weight excluding hydrogens is 266 g/mol. The molecule has 6 heteroatoms. The average molecular weight is 287 g/mol. The van der Waals surface area contributed by atoms with Crippen LogP contribution >= 0.6 is 0 Å². The number of hydrogen-bond donors (Lipinski definition) is 0. The van der Waals surface area contributed by atoms with Gasteiger partial charge in [-0.05, 0) is 6.42 Å². The van der Waals surface area contributed by atoms with Crippen molar-refractivity contribution in [1.29, 1.82) is 0 Å². The summed E-state index contributed by atoms with van der Waals surface area (Å²) < 4.78 is 1.89. The summed E-state index contributed by atoms with van der Waals surface area (Å²) in [4.78, 5) is 20.3. The molecule has 0 atom stereocenters. The summed E-state index contributed by atoms with van der Waals surface area (Å²) in [6.45, 7) is 7.00. The molecule has 1 aliphatic rings. The number of carbonyl (C=O) groups excluding carboxylic acids is 1. The lowest BCUT2D eigenvalue weighted by Gasteiger charge is -2.35. The highest BCUT2D eigenvalue weighted by Crippen LogP contribution is 2.19. The predicted molar refractivity (Wildman–Crippen MR) is 81.4 cm³/mol. The summed E-state index contributed by atoms with van der Waals surface area (Å²) in [7, 11) is 0. The normalized spacial score (nSPS) is 15.7. The number of amides is 1. The number of rotatable bonds is 3. The van der Waals surface area contributed by atoms with Crippen molar-refractivity contribution in [3.05, 3.63) is 24.0 Å². The Bertz CT molecular complexity index is 643. The van der Waals surface area contributed by atoms with E-state index in [1.165, 1.54) is 0 Å². The molecule has 2 aromatic heterocycles. The number of nitrogens with zero attached hydrogens (tertiary/aromatic N) is 5. The molecule has 0 spiro atoms. The van der Waals surface area contributed by atoms with Crippen LogP contribution in [0.15, 0.2) is 18.3 Å². The molecule has 1 fully saturated rings. The third kappa shape index (κ3) is 2.70. The van der Waals surface area contributed by atoms with E-state index in [1.807, 2.05) is 15.5 Å².